The van der Waals surface area contributed by atoms with E-state index in [4.69, 9.17) is 0 Å². The zero-order valence-corrected chi connectivity index (χ0v) is 16.8. The molecule has 5 rings (SSSR count). The van der Waals surface area contributed by atoms with E-state index in [1.165, 1.54) is 17.2 Å². The first-order chi connectivity index (χ1) is 14.2. The third-order valence-corrected chi connectivity index (χ3v) is 6.44. The minimum absolute atomic E-state index is 0.139. The fraction of sp³-hybridized carbons (Fsp3) is 0.375. The van der Waals surface area contributed by atoms with Crippen LogP contribution in [0.4, 0.5) is 4.39 Å². The van der Waals surface area contributed by atoms with Crippen LogP contribution in [0.3, 0.4) is 0 Å². The molecule has 0 amide bonds. The van der Waals surface area contributed by atoms with E-state index < -0.39 is 0 Å². The Morgan fingerprint density at radius 1 is 0.966 bits per heavy atom. The van der Waals surface area contributed by atoms with Gasteiger partial charge in [0.1, 0.15) is 5.82 Å². The van der Waals surface area contributed by atoms with Gasteiger partial charge in [0.25, 0.3) is 0 Å². The van der Waals surface area contributed by atoms with Gasteiger partial charge in [-0.3, -0.25) is 14.5 Å². The first-order valence-electron chi connectivity index (χ1n) is 10.4. The summed E-state index contributed by atoms with van der Waals surface area (Å²) in [5.74, 6) is 1.06. The Labute approximate surface area is 171 Å². The Hall–Kier alpha value is -2.50. The Kier molecular flexibility index (Phi) is 4.94. The molecule has 0 N–H and O–H groups in total. The maximum Gasteiger partial charge on any atom is 0.123 e. The molecule has 1 aromatic heterocycles. The topological polar surface area (TPSA) is 24.3 Å². The minimum Gasteiger partial charge on any atom is -0.299 e. The highest BCUT2D eigenvalue weighted by atomic mass is 19.1. The summed E-state index contributed by atoms with van der Waals surface area (Å²) in [5, 5.41) is 4.55. The van der Waals surface area contributed by atoms with E-state index in [2.05, 4.69) is 58.5 Å². The van der Waals surface area contributed by atoms with Crippen LogP contribution in [0.1, 0.15) is 22.7 Å². The lowest BCUT2D eigenvalue weighted by Crippen LogP contribution is -2.28. The van der Waals surface area contributed by atoms with Gasteiger partial charge in [0.15, 0.2) is 0 Å². The van der Waals surface area contributed by atoms with Gasteiger partial charge in [0.05, 0.1) is 12.7 Å². The fourth-order valence-corrected chi connectivity index (χ4v) is 5.27. The van der Waals surface area contributed by atoms with Gasteiger partial charge in [-0.1, -0.05) is 42.5 Å². The number of fused-ring (bicyclic) bond motifs is 1. The molecule has 3 aromatic rings. The smallest absolute Gasteiger partial charge is 0.123 e. The largest absolute Gasteiger partial charge is 0.299 e. The van der Waals surface area contributed by atoms with Gasteiger partial charge in [-0.15, -0.1) is 0 Å². The predicted octanol–water partition coefficient (Wildman–Crippen LogP) is 3.81. The number of likely N-dealkylation sites (tertiary alicyclic amines) is 2. The SMILES string of the molecule is CN1C[C@H]2CN(Cc3cnn(Cc4ccccc4)c3)C[C@H]2[C@@H]1c1cccc(F)c1. The molecule has 0 bridgehead atoms. The normalized spacial score (nSPS) is 24.8. The standard InChI is InChI=1S/C24H27FN4/c1-27-15-21-16-28(17-23(21)24(27)20-8-5-9-22(25)10-20)12-19-11-26-29(14-19)13-18-6-3-2-4-7-18/h2-11,14,21,23-24H,12-13,15-17H2,1H3/t21-,23+,24-/m0/s1. The average molecular weight is 391 g/mol. The van der Waals surface area contributed by atoms with E-state index in [-0.39, 0.29) is 5.82 Å². The summed E-state index contributed by atoms with van der Waals surface area (Å²) < 4.78 is 15.8. The van der Waals surface area contributed by atoms with E-state index in [0.717, 1.165) is 38.3 Å². The maximum absolute atomic E-state index is 13.8. The molecular weight excluding hydrogens is 363 g/mol. The Morgan fingerprint density at radius 3 is 2.66 bits per heavy atom. The number of halogens is 1. The summed E-state index contributed by atoms with van der Waals surface area (Å²) in [6.07, 6.45) is 4.16. The molecule has 2 aliphatic rings. The van der Waals surface area contributed by atoms with Crippen LogP contribution in [-0.4, -0.2) is 46.3 Å². The lowest BCUT2D eigenvalue weighted by atomic mass is 9.89. The summed E-state index contributed by atoms with van der Waals surface area (Å²) in [5.41, 5.74) is 3.63. The van der Waals surface area contributed by atoms with Gasteiger partial charge in [-0.05, 0) is 42.1 Å². The van der Waals surface area contributed by atoms with Crippen molar-refractivity contribution in [3.8, 4) is 0 Å². The molecule has 2 aromatic carbocycles. The lowest BCUT2D eigenvalue weighted by Gasteiger charge is -2.26. The number of nitrogens with zero attached hydrogens (tertiary/aromatic N) is 4. The van der Waals surface area contributed by atoms with Crippen LogP contribution < -0.4 is 0 Å². The number of benzene rings is 2. The highest BCUT2D eigenvalue weighted by molar-refractivity contribution is 5.24. The third kappa shape index (κ3) is 3.85. The van der Waals surface area contributed by atoms with Crippen molar-refractivity contribution in [1.82, 2.24) is 19.6 Å². The molecule has 2 aliphatic heterocycles. The second-order valence-corrected chi connectivity index (χ2v) is 8.59. The van der Waals surface area contributed by atoms with Crippen LogP contribution in [0.15, 0.2) is 67.0 Å². The van der Waals surface area contributed by atoms with Crippen molar-refractivity contribution in [3.05, 3.63) is 89.5 Å². The Bertz CT molecular complexity index is 970. The van der Waals surface area contributed by atoms with E-state index in [0.29, 0.717) is 17.9 Å². The Balaban J connectivity index is 1.25. The summed E-state index contributed by atoms with van der Waals surface area (Å²) in [4.78, 5) is 4.94. The second kappa shape index (κ2) is 7.73. The third-order valence-electron chi connectivity index (χ3n) is 6.44. The predicted molar refractivity (Wildman–Crippen MR) is 112 cm³/mol. The van der Waals surface area contributed by atoms with E-state index in [1.807, 2.05) is 23.0 Å². The van der Waals surface area contributed by atoms with Crippen molar-refractivity contribution in [2.75, 3.05) is 26.7 Å². The molecule has 0 radical (unpaired) electrons. The van der Waals surface area contributed by atoms with Crippen molar-refractivity contribution in [2.45, 2.75) is 19.1 Å². The molecule has 29 heavy (non-hydrogen) atoms. The average Bonchev–Trinajstić information content (AvgIpc) is 3.37. The van der Waals surface area contributed by atoms with Crippen molar-refractivity contribution >= 4 is 0 Å². The van der Waals surface area contributed by atoms with Crippen molar-refractivity contribution in [3.63, 3.8) is 0 Å². The van der Waals surface area contributed by atoms with Crippen LogP contribution in [0.5, 0.6) is 0 Å². The zero-order valence-electron chi connectivity index (χ0n) is 16.8. The first-order valence-corrected chi connectivity index (χ1v) is 10.4. The van der Waals surface area contributed by atoms with E-state index in [1.54, 1.807) is 6.07 Å². The summed E-state index contributed by atoms with van der Waals surface area (Å²) in [6, 6.07) is 17.9. The van der Waals surface area contributed by atoms with Crippen LogP contribution in [0.2, 0.25) is 0 Å². The minimum atomic E-state index is -0.139. The molecule has 2 saturated heterocycles. The summed E-state index contributed by atoms with van der Waals surface area (Å²) >= 11 is 0. The molecule has 3 atom stereocenters. The summed E-state index contributed by atoms with van der Waals surface area (Å²) in [7, 11) is 2.17. The molecule has 0 saturated carbocycles. The van der Waals surface area contributed by atoms with E-state index in [9.17, 15) is 4.39 Å². The highest BCUT2D eigenvalue weighted by Crippen LogP contribution is 2.44. The molecule has 0 aliphatic carbocycles. The lowest BCUT2D eigenvalue weighted by molar-refractivity contribution is 0.224. The van der Waals surface area contributed by atoms with Gasteiger partial charge in [-0.25, -0.2) is 4.39 Å². The van der Waals surface area contributed by atoms with Crippen molar-refractivity contribution in [2.24, 2.45) is 11.8 Å². The van der Waals surface area contributed by atoms with Crippen LogP contribution >= 0.6 is 0 Å². The van der Waals surface area contributed by atoms with Gasteiger partial charge in [0, 0.05) is 44.0 Å². The highest BCUT2D eigenvalue weighted by Gasteiger charge is 2.46. The molecule has 0 spiro atoms. The molecule has 4 nitrogen and oxygen atoms in total. The molecule has 3 heterocycles. The van der Waals surface area contributed by atoms with Gasteiger partial charge in [-0.2, -0.15) is 5.10 Å². The fourth-order valence-electron chi connectivity index (χ4n) is 5.27. The first kappa shape index (κ1) is 18.5. The quantitative estimate of drug-likeness (QED) is 0.662. The molecular formula is C24H27FN4. The number of hydrogen-bond acceptors (Lipinski definition) is 3. The molecule has 5 heteroatoms. The molecule has 0 unspecified atom stereocenters. The summed E-state index contributed by atoms with van der Waals surface area (Å²) in [6.45, 7) is 4.97. The van der Waals surface area contributed by atoms with Gasteiger partial charge in [0.2, 0.25) is 0 Å². The Morgan fingerprint density at radius 2 is 1.83 bits per heavy atom. The number of hydrogen-bond donors (Lipinski definition) is 0. The van der Waals surface area contributed by atoms with Crippen LogP contribution in [0.25, 0.3) is 0 Å². The van der Waals surface area contributed by atoms with Crippen LogP contribution in [-0.2, 0) is 13.1 Å². The van der Waals surface area contributed by atoms with Crippen molar-refractivity contribution < 1.29 is 4.39 Å². The van der Waals surface area contributed by atoms with Gasteiger partial charge < -0.3 is 0 Å². The number of aromatic nitrogens is 2. The maximum atomic E-state index is 13.8. The number of rotatable bonds is 5. The van der Waals surface area contributed by atoms with Crippen molar-refractivity contribution in [1.29, 1.82) is 0 Å². The molecule has 150 valence electrons. The zero-order chi connectivity index (χ0) is 19.8. The van der Waals surface area contributed by atoms with Gasteiger partial charge >= 0.3 is 0 Å². The van der Waals surface area contributed by atoms with E-state index >= 15 is 0 Å². The monoisotopic (exact) mass is 390 g/mol. The van der Waals surface area contributed by atoms with Crippen LogP contribution in [0, 0.1) is 17.7 Å². The second-order valence-electron chi connectivity index (χ2n) is 8.59. The molecule has 2 fully saturated rings.